The van der Waals surface area contributed by atoms with E-state index >= 15 is 0 Å². The largest absolute Gasteiger partial charge is 0.444 e. The number of amides is 3. The first-order chi connectivity index (χ1) is 12.4. The molecule has 2 rings (SSSR count). The van der Waals surface area contributed by atoms with E-state index in [-0.39, 0.29) is 10.6 Å². The molecular formula is C18H16Cl2N2O4. The van der Waals surface area contributed by atoms with Crippen molar-refractivity contribution in [2.45, 2.75) is 13.0 Å². The molecule has 0 aliphatic rings. The van der Waals surface area contributed by atoms with E-state index in [1.165, 1.54) is 18.2 Å². The van der Waals surface area contributed by atoms with Crippen molar-refractivity contribution in [3.05, 3.63) is 69.7 Å². The molecule has 3 amide bonds. The van der Waals surface area contributed by atoms with Gasteiger partial charge in [0.15, 0.2) is 0 Å². The predicted octanol–water partition coefficient (Wildman–Crippen LogP) is 3.74. The van der Waals surface area contributed by atoms with Crippen LogP contribution in [0.3, 0.4) is 0 Å². The zero-order chi connectivity index (χ0) is 19.1. The minimum atomic E-state index is -1.32. The van der Waals surface area contributed by atoms with Crippen LogP contribution in [0.1, 0.15) is 28.9 Å². The quantitative estimate of drug-likeness (QED) is 0.756. The topological polar surface area (TPSA) is 84.5 Å². The molecule has 2 N–H and O–H groups in total. The third-order valence-corrected chi connectivity index (χ3v) is 3.84. The average Bonchev–Trinajstić information content (AvgIpc) is 2.60. The molecule has 2 aromatic rings. The molecule has 2 aromatic carbocycles. The van der Waals surface area contributed by atoms with Crippen LogP contribution in [0, 0.1) is 0 Å². The van der Waals surface area contributed by atoms with Crippen LogP contribution in [0.25, 0.3) is 0 Å². The summed E-state index contributed by atoms with van der Waals surface area (Å²) in [6, 6.07) is 11.9. The molecule has 0 radical (unpaired) electrons. The Morgan fingerprint density at radius 3 is 2.38 bits per heavy atom. The molecule has 0 spiro atoms. The van der Waals surface area contributed by atoms with Crippen molar-refractivity contribution >= 4 is 41.1 Å². The zero-order valence-electron chi connectivity index (χ0n) is 13.8. The standard InChI is InChI=1S/C18H16Cl2N2O4/c1-2-21-18(25)22-16(23)15(11-6-4-3-5-7-11)26-17(24)13-9-8-12(19)10-14(13)20/h3-10,15H,2H2,1H3,(H2,21,22,23,25)/t15-/m0/s1. The van der Waals surface area contributed by atoms with E-state index in [1.807, 2.05) is 0 Å². The first-order valence-electron chi connectivity index (χ1n) is 7.72. The van der Waals surface area contributed by atoms with E-state index in [9.17, 15) is 14.4 Å². The number of imide groups is 1. The van der Waals surface area contributed by atoms with E-state index in [4.69, 9.17) is 27.9 Å². The van der Waals surface area contributed by atoms with E-state index in [2.05, 4.69) is 10.6 Å². The van der Waals surface area contributed by atoms with Gasteiger partial charge in [-0.1, -0.05) is 53.5 Å². The molecule has 0 fully saturated rings. The molecule has 0 aliphatic heterocycles. The summed E-state index contributed by atoms with van der Waals surface area (Å²) in [6.45, 7) is 2.05. The second kappa shape index (κ2) is 9.22. The van der Waals surface area contributed by atoms with Gasteiger partial charge in [0, 0.05) is 17.1 Å². The van der Waals surface area contributed by atoms with Crippen molar-refractivity contribution in [1.82, 2.24) is 10.6 Å². The molecule has 136 valence electrons. The summed E-state index contributed by atoms with van der Waals surface area (Å²) in [6.07, 6.45) is -1.32. The molecule has 1 atom stereocenters. The van der Waals surface area contributed by atoms with Gasteiger partial charge in [-0.3, -0.25) is 10.1 Å². The van der Waals surface area contributed by atoms with E-state index in [0.717, 1.165) is 0 Å². The third kappa shape index (κ3) is 5.21. The minimum Gasteiger partial charge on any atom is -0.444 e. The van der Waals surface area contributed by atoms with Gasteiger partial charge in [0.1, 0.15) is 0 Å². The SMILES string of the molecule is CCNC(=O)NC(=O)[C@@H](OC(=O)c1ccc(Cl)cc1Cl)c1ccccc1. The Bertz CT molecular complexity index is 812. The van der Waals surface area contributed by atoms with Crippen molar-refractivity contribution in [2.75, 3.05) is 6.54 Å². The molecule has 0 saturated heterocycles. The Labute approximate surface area is 160 Å². The first kappa shape index (κ1) is 19.8. The van der Waals surface area contributed by atoms with E-state index in [1.54, 1.807) is 37.3 Å². The average molecular weight is 395 g/mol. The number of hydrogen-bond donors (Lipinski definition) is 2. The second-order valence-electron chi connectivity index (χ2n) is 5.17. The van der Waals surface area contributed by atoms with Crippen LogP contribution in [0.2, 0.25) is 10.0 Å². The van der Waals surface area contributed by atoms with Gasteiger partial charge in [0.25, 0.3) is 5.91 Å². The fourth-order valence-electron chi connectivity index (χ4n) is 2.11. The lowest BCUT2D eigenvalue weighted by Gasteiger charge is -2.18. The summed E-state index contributed by atoms with van der Waals surface area (Å²) in [5.41, 5.74) is 0.468. The lowest BCUT2D eigenvalue weighted by atomic mass is 10.1. The molecule has 0 bridgehead atoms. The molecule has 0 unspecified atom stereocenters. The number of halogens is 2. The number of carbonyl (C=O) groups excluding carboxylic acids is 3. The number of benzene rings is 2. The van der Waals surface area contributed by atoms with Gasteiger partial charge in [0.2, 0.25) is 6.10 Å². The molecule has 6 nitrogen and oxygen atoms in total. The van der Waals surface area contributed by atoms with Gasteiger partial charge < -0.3 is 10.1 Å². The third-order valence-electron chi connectivity index (χ3n) is 3.29. The number of carbonyl (C=O) groups is 3. The van der Waals surface area contributed by atoms with Gasteiger partial charge >= 0.3 is 12.0 Å². The molecule has 26 heavy (non-hydrogen) atoms. The predicted molar refractivity (Wildman–Crippen MR) is 98.3 cm³/mol. The number of ether oxygens (including phenoxy) is 1. The maximum atomic E-state index is 12.4. The zero-order valence-corrected chi connectivity index (χ0v) is 15.3. The van der Waals surface area contributed by atoms with Crippen LogP contribution in [-0.4, -0.2) is 24.5 Å². The highest BCUT2D eigenvalue weighted by Gasteiger charge is 2.27. The van der Waals surface area contributed by atoms with E-state index < -0.39 is 24.0 Å². The summed E-state index contributed by atoms with van der Waals surface area (Å²) < 4.78 is 5.33. The lowest BCUT2D eigenvalue weighted by Crippen LogP contribution is -2.42. The summed E-state index contributed by atoms with van der Waals surface area (Å²) in [5, 5.41) is 5.03. The highest BCUT2D eigenvalue weighted by atomic mass is 35.5. The Kier molecular flexibility index (Phi) is 7.00. The monoisotopic (exact) mass is 394 g/mol. The first-order valence-corrected chi connectivity index (χ1v) is 8.47. The number of esters is 1. The number of nitrogens with one attached hydrogen (secondary N) is 2. The van der Waals surface area contributed by atoms with Crippen LogP contribution in [0.5, 0.6) is 0 Å². The Hall–Kier alpha value is -2.57. The Morgan fingerprint density at radius 1 is 1.08 bits per heavy atom. The smallest absolute Gasteiger partial charge is 0.340 e. The van der Waals surface area contributed by atoms with Crippen molar-refractivity contribution in [3.63, 3.8) is 0 Å². The van der Waals surface area contributed by atoms with Gasteiger partial charge in [0.05, 0.1) is 10.6 Å². The van der Waals surface area contributed by atoms with Crippen LogP contribution >= 0.6 is 23.2 Å². The number of urea groups is 1. The van der Waals surface area contributed by atoms with Crippen molar-refractivity contribution < 1.29 is 19.1 Å². The van der Waals surface area contributed by atoms with Gasteiger partial charge in [-0.15, -0.1) is 0 Å². The summed E-state index contributed by atoms with van der Waals surface area (Å²) in [7, 11) is 0. The maximum absolute atomic E-state index is 12.4. The van der Waals surface area contributed by atoms with Crippen molar-refractivity contribution in [3.8, 4) is 0 Å². The summed E-state index contributed by atoms with van der Waals surface area (Å²) >= 11 is 11.8. The van der Waals surface area contributed by atoms with Crippen LogP contribution in [-0.2, 0) is 9.53 Å². The molecular weight excluding hydrogens is 379 g/mol. The molecule has 0 aromatic heterocycles. The number of hydrogen-bond acceptors (Lipinski definition) is 4. The minimum absolute atomic E-state index is 0.0582. The maximum Gasteiger partial charge on any atom is 0.340 e. The Morgan fingerprint density at radius 2 is 1.77 bits per heavy atom. The molecule has 0 saturated carbocycles. The van der Waals surface area contributed by atoms with Gasteiger partial charge in [-0.25, -0.2) is 9.59 Å². The van der Waals surface area contributed by atoms with Gasteiger partial charge in [-0.2, -0.15) is 0 Å². The fourth-order valence-corrected chi connectivity index (χ4v) is 2.59. The second-order valence-corrected chi connectivity index (χ2v) is 6.01. The highest BCUT2D eigenvalue weighted by Crippen LogP contribution is 2.25. The summed E-state index contributed by atoms with van der Waals surface area (Å²) in [5.74, 6) is -1.59. The molecule has 0 heterocycles. The van der Waals surface area contributed by atoms with Crippen molar-refractivity contribution in [1.29, 1.82) is 0 Å². The normalized spacial score (nSPS) is 11.3. The summed E-state index contributed by atoms with van der Waals surface area (Å²) in [4.78, 5) is 36.5. The van der Waals surface area contributed by atoms with E-state index in [0.29, 0.717) is 17.1 Å². The highest BCUT2D eigenvalue weighted by molar-refractivity contribution is 6.36. The van der Waals surface area contributed by atoms with Gasteiger partial charge in [-0.05, 0) is 25.1 Å². The molecule has 0 aliphatic carbocycles. The lowest BCUT2D eigenvalue weighted by molar-refractivity contribution is -0.129. The molecule has 8 heteroatoms. The fraction of sp³-hybridized carbons (Fsp3) is 0.167. The van der Waals surface area contributed by atoms with Crippen molar-refractivity contribution in [2.24, 2.45) is 0 Å². The Balaban J connectivity index is 2.25. The van der Waals surface area contributed by atoms with Crippen LogP contribution in [0.15, 0.2) is 48.5 Å². The van der Waals surface area contributed by atoms with Crippen LogP contribution in [0.4, 0.5) is 4.79 Å². The number of rotatable bonds is 5. The van der Waals surface area contributed by atoms with Crippen LogP contribution < -0.4 is 10.6 Å².